The summed E-state index contributed by atoms with van der Waals surface area (Å²) in [7, 11) is 0. The van der Waals surface area contributed by atoms with Crippen LogP contribution >= 0.6 is 11.3 Å². The Morgan fingerprint density at radius 3 is 2.94 bits per heavy atom. The van der Waals surface area contributed by atoms with Gasteiger partial charge in [0.05, 0.1) is 11.4 Å². The number of primary amides is 1. The Hall–Kier alpha value is -3.04. The van der Waals surface area contributed by atoms with Gasteiger partial charge in [-0.25, -0.2) is 4.98 Å². The molecule has 1 aliphatic rings. The van der Waals surface area contributed by atoms with Gasteiger partial charge in [0.1, 0.15) is 10.7 Å². The van der Waals surface area contributed by atoms with Crippen molar-refractivity contribution in [2.24, 2.45) is 5.73 Å². The third-order valence-corrected chi connectivity index (χ3v) is 7.07. The third kappa shape index (κ3) is 4.73. The second-order valence-corrected chi connectivity index (χ2v) is 9.46. The van der Waals surface area contributed by atoms with Crippen molar-refractivity contribution in [3.63, 3.8) is 0 Å². The number of aromatic nitrogens is 2. The summed E-state index contributed by atoms with van der Waals surface area (Å²) in [5.41, 5.74) is 8.01. The number of hydrogen-bond donors (Lipinski definition) is 3. The van der Waals surface area contributed by atoms with E-state index in [9.17, 15) is 14.4 Å². The molecule has 4 N–H and O–H groups in total. The first kappa shape index (κ1) is 22.2. The molecule has 0 spiro atoms. The standard InChI is InChI=1S/C23H27N5O3S/c1-13-14(2)32-23-20(13)22(31)26-18(27-23)8-9-19(29)25-16-6-3-5-15(11-16)12-28-10-4-7-17(28)21(24)30/h3,5-6,11,17H,4,7-10,12H2,1-2H3,(H2,24,30)(H,25,29)(H,26,27,31). The van der Waals surface area contributed by atoms with Crippen molar-refractivity contribution in [3.05, 3.63) is 56.4 Å². The maximum Gasteiger partial charge on any atom is 0.259 e. The summed E-state index contributed by atoms with van der Waals surface area (Å²) < 4.78 is 0. The molecule has 0 saturated carbocycles. The molecule has 1 aromatic carbocycles. The van der Waals surface area contributed by atoms with E-state index in [2.05, 4.69) is 20.2 Å². The summed E-state index contributed by atoms with van der Waals surface area (Å²) in [4.78, 5) is 47.7. The Morgan fingerprint density at radius 2 is 2.16 bits per heavy atom. The predicted octanol–water partition coefficient (Wildman–Crippen LogP) is 2.62. The molecule has 9 heteroatoms. The van der Waals surface area contributed by atoms with Crippen LogP contribution < -0.4 is 16.6 Å². The van der Waals surface area contributed by atoms with Crippen LogP contribution in [0.4, 0.5) is 5.69 Å². The first-order chi connectivity index (χ1) is 15.3. The van der Waals surface area contributed by atoms with E-state index >= 15 is 0 Å². The number of aryl methyl sites for hydroxylation is 3. The molecular weight excluding hydrogens is 426 g/mol. The van der Waals surface area contributed by atoms with Crippen LogP contribution in [-0.4, -0.2) is 39.3 Å². The highest BCUT2D eigenvalue weighted by Gasteiger charge is 2.28. The van der Waals surface area contributed by atoms with Crippen LogP contribution in [0, 0.1) is 13.8 Å². The van der Waals surface area contributed by atoms with Crippen LogP contribution in [0.25, 0.3) is 10.2 Å². The molecule has 0 bridgehead atoms. The first-order valence-electron chi connectivity index (χ1n) is 10.7. The van der Waals surface area contributed by atoms with Crippen molar-refractivity contribution in [1.82, 2.24) is 14.9 Å². The number of nitrogens with zero attached hydrogens (tertiary/aromatic N) is 2. The number of H-pyrrole nitrogens is 1. The van der Waals surface area contributed by atoms with Crippen LogP contribution in [0.2, 0.25) is 0 Å². The van der Waals surface area contributed by atoms with E-state index in [-0.39, 0.29) is 29.8 Å². The Kier molecular flexibility index (Phi) is 6.38. The summed E-state index contributed by atoms with van der Waals surface area (Å²) in [6.45, 7) is 5.34. The number of rotatable bonds is 7. The van der Waals surface area contributed by atoms with Gasteiger partial charge in [-0.05, 0) is 56.5 Å². The van der Waals surface area contributed by atoms with Crippen LogP contribution in [0.5, 0.6) is 0 Å². The van der Waals surface area contributed by atoms with Crippen molar-refractivity contribution in [3.8, 4) is 0 Å². The second kappa shape index (κ2) is 9.22. The molecule has 168 valence electrons. The Morgan fingerprint density at radius 1 is 1.34 bits per heavy atom. The number of fused-ring (bicyclic) bond motifs is 1. The average molecular weight is 454 g/mol. The van der Waals surface area contributed by atoms with Gasteiger partial charge in [-0.15, -0.1) is 11.3 Å². The molecule has 1 fully saturated rings. The number of aromatic amines is 1. The lowest BCUT2D eigenvalue weighted by Gasteiger charge is -2.22. The van der Waals surface area contributed by atoms with Crippen LogP contribution in [-0.2, 0) is 22.6 Å². The van der Waals surface area contributed by atoms with Gasteiger partial charge in [-0.2, -0.15) is 0 Å². The van der Waals surface area contributed by atoms with Gasteiger partial charge >= 0.3 is 0 Å². The van der Waals surface area contributed by atoms with Crippen molar-refractivity contribution in [2.45, 2.75) is 52.1 Å². The number of nitrogens with two attached hydrogens (primary N) is 1. The van der Waals surface area contributed by atoms with E-state index in [1.165, 1.54) is 11.3 Å². The highest BCUT2D eigenvalue weighted by atomic mass is 32.1. The van der Waals surface area contributed by atoms with E-state index in [0.29, 0.717) is 34.7 Å². The number of anilines is 1. The van der Waals surface area contributed by atoms with Crippen LogP contribution in [0.1, 0.15) is 41.1 Å². The normalized spacial score (nSPS) is 16.5. The molecule has 1 saturated heterocycles. The molecule has 8 nitrogen and oxygen atoms in total. The SMILES string of the molecule is Cc1sc2nc(CCC(=O)Nc3cccc(CN4CCCC4C(N)=O)c3)[nH]c(=O)c2c1C. The van der Waals surface area contributed by atoms with Crippen molar-refractivity contribution in [2.75, 3.05) is 11.9 Å². The van der Waals surface area contributed by atoms with Gasteiger partial charge in [0.15, 0.2) is 0 Å². The highest BCUT2D eigenvalue weighted by Crippen LogP contribution is 2.26. The molecule has 0 aliphatic carbocycles. The fraction of sp³-hybridized carbons (Fsp3) is 0.391. The quantitative estimate of drug-likeness (QED) is 0.508. The molecule has 2 amide bonds. The lowest BCUT2D eigenvalue weighted by Crippen LogP contribution is -2.39. The van der Waals surface area contributed by atoms with Gasteiger partial charge in [0.2, 0.25) is 11.8 Å². The van der Waals surface area contributed by atoms with Crippen molar-refractivity contribution in [1.29, 1.82) is 0 Å². The predicted molar refractivity (Wildman–Crippen MR) is 126 cm³/mol. The van der Waals surface area contributed by atoms with E-state index in [1.807, 2.05) is 38.1 Å². The van der Waals surface area contributed by atoms with E-state index in [4.69, 9.17) is 5.73 Å². The number of thiophene rings is 1. The minimum absolute atomic E-state index is 0.153. The minimum atomic E-state index is -0.287. The van der Waals surface area contributed by atoms with E-state index in [1.54, 1.807) is 0 Å². The summed E-state index contributed by atoms with van der Waals surface area (Å²) in [5, 5.41) is 3.54. The lowest BCUT2D eigenvalue weighted by molar-refractivity contribution is -0.122. The zero-order chi connectivity index (χ0) is 22.8. The molecule has 0 radical (unpaired) electrons. The third-order valence-electron chi connectivity index (χ3n) is 5.97. The molecule has 3 aromatic rings. The van der Waals surface area contributed by atoms with Crippen molar-refractivity contribution >= 4 is 39.1 Å². The van der Waals surface area contributed by atoms with Gasteiger partial charge in [-0.3, -0.25) is 19.3 Å². The van der Waals surface area contributed by atoms with Gasteiger partial charge in [0, 0.05) is 30.0 Å². The Bertz CT molecular complexity index is 1230. The maximum absolute atomic E-state index is 12.5. The average Bonchev–Trinajstić information content (AvgIpc) is 3.31. The van der Waals surface area contributed by atoms with Gasteiger partial charge in [-0.1, -0.05) is 12.1 Å². The Balaban J connectivity index is 1.37. The number of benzene rings is 1. The lowest BCUT2D eigenvalue weighted by atomic mass is 10.1. The smallest absolute Gasteiger partial charge is 0.259 e. The van der Waals surface area contributed by atoms with E-state index < -0.39 is 0 Å². The number of hydrogen-bond acceptors (Lipinski definition) is 6. The zero-order valence-electron chi connectivity index (χ0n) is 18.2. The summed E-state index contributed by atoms with van der Waals surface area (Å²) >= 11 is 1.50. The second-order valence-electron chi connectivity index (χ2n) is 8.26. The monoisotopic (exact) mass is 453 g/mol. The molecule has 3 heterocycles. The van der Waals surface area contributed by atoms with E-state index in [0.717, 1.165) is 35.4 Å². The molecule has 1 atom stereocenters. The van der Waals surface area contributed by atoms with Gasteiger partial charge in [0.25, 0.3) is 5.56 Å². The van der Waals surface area contributed by atoms with Crippen LogP contribution in [0.3, 0.4) is 0 Å². The fourth-order valence-electron chi connectivity index (χ4n) is 4.19. The summed E-state index contributed by atoms with van der Waals surface area (Å²) in [6, 6.07) is 7.38. The van der Waals surface area contributed by atoms with Gasteiger partial charge < -0.3 is 16.0 Å². The number of amides is 2. The molecule has 32 heavy (non-hydrogen) atoms. The number of likely N-dealkylation sites (tertiary alicyclic amines) is 1. The molecule has 2 aromatic heterocycles. The number of carbonyl (C=O) groups is 2. The number of nitrogens with one attached hydrogen (secondary N) is 2. The fourth-order valence-corrected chi connectivity index (χ4v) is 5.24. The minimum Gasteiger partial charge on any atom is -0.368 e. The first-order valence-corrected chi connectivity index (χ1v) is 11.5. The topological polar surface area (TPSA) is 121 Å². The largest absolute Gasteiger partial charge is 0.368 e. The molecule has 4 rings (SSSR count). The Labute approximate surface area is 189 Å². The molecule has 1 unspecified atom stereocenters. The highest BCUT2D eigenvalue weighted by molar-refractivity contribution is 7.18. The van der Waals surface area contributed by atoms with Crippen LogP contribution in [0.15, 0.2) is 29.1 Å². The molecular formula is C23H27N5O3S. The van der Waals surface area contributed by atoms with Crippen molar-refractivity contribution < 1.29 is 9.59 Å². The maximum atomic E-state index is 12.5. The zero-order valence-corrected chi connectivity index (χ0v) is 19.1. The molecule has 1 aliphatic heterocycles. The summed E-state index contributed by atoms with van der Waals surface area (Å²) in [6.07, 6.45) is 2.30. The summed E-state index contributed by atoms with van der Waals surface area (Å²) in [5.74, 6) is 0.0727. The number of carbonyl (C=O) groups excluding carboxylic acids is 2.